The summed E-state index contributed by atoms with van der Waals surface area (Å²) in [5, 5.41) is 10.5. The van der Waals surface area contributed by atoms with Gasteiger partial charge in [0, 0.05) is 29.1 Å². The van der Waals surface area contributed by atoms with Crippen LogP contribution in [0.1, 0.15) is 39.8 Å². The smallest absolute Gasteiger partial charge is 0.258 e. The van der Waals surface area contributed by atoms with Crippen LogP contribution in [-0.2, 0) is 13.1 Å². The first-order valence-corrected chi connectivity index (χ1v) is 9.86. The number of nitrogens with zero attached hydrogens (tertiary/aromatic N) is 3. The Hall–Kier alpha value is -3.48. The molecule has 2 N–H and O–H groups in total. The van der Waals surface area contributed by atoms with E-state index in [-0.39, 0.29) is 5.56 Å². The third-order valence-electron chi connectivity index (χ3n) is 4.94. The molecule has 0 radical (unpaired) electrons. The van der Waals surface area contributed by atoms with Crippen molar-refractivity contribution >= 4 is 17.6 Å². The highest BCUT2D eigenvalue weighted by Gasteiger charge is 2.13. The molecule has 0 aliphatic carbocycles. The van der Waals surface area contributed by atoms with Crippen LogP contribution in [0, 0.1) is 26.6 Å². The van der Waals surface area contributed by atoms with E-state index in [1.54, 1.807) is 6.07 Å². The lowest BCUT2D eigenvalue weighted by Crippen LogP contribution is -2.36. The van der Waals surface area contributed by atoms with E-state index in [2.05, 4.69) is 20.7 Å². The fraction of sp³-hybridized carbons (Fsp3) is 0.261. The summed E-state index contributed by atoms with van der Waals surface area (Å²) < 4.78 is 15.5. The van der Waals surface area contributed by atoms with Gasteiger partial charge in [0.15, 0.2) is 0 Å². The molecular weight excluding hydrogens is 381 g/mol. The number of halogens is 1. The Labute approximate surface area is 175 Å². The minimum atomic E-state index is -0.466. The minimum absolute atomic E-state index is 0.223. The van der Waals surface area contributed by atoms with E-state index in [0.717, 1.165) is 34.7 Å². The summed E-state index contributed by atoms with van der Waals surface area (Å²) in [6.07, 6.45) is 0. The Kier molecular flexibility index (Phi) is 6.61. The molecule has 0 saturated heterocycles. The van der Waals surface area contributed by atoms with E-state index >= 15 is 0 Å². The van der Waals surface area contributed by atoms with Gasteiger partial charge in [-0.3, -0.25) is 14.8 Å². The molecule has 0 spiro atoms. The Bertz CT molecular complexity index is 1090. The number of hydrogen-bond donors (Lipinski definition) is 2. The highest BCUT2D eigenvalue weighted by atomic mass is 19.1. The molecule has 7 heteroatoms. The molecule has 0 aliphatic heterocycles. The Balaban J connectivity index is 1.89. The van der Waals surface area contributed by atoms with Gasteiger partial charge < -0.3 is 5.32 Å². The predicted octanol–water partition coefficient (Wildman–Crippen LogP) is 4.37. The molecule has 0 aliphatic rings. The van der Waals surface area contributed by atoms with E-state index in [1.165, 1.54) is 18.2 Å². The number of rotatable bonds is 5. The minimum Gasteiger partial charge on any atom is -0.326 e. The van der Waals surface area contributed by atoms with Crippen LogP contribution < -0.4 is 10.6 Å². The largest absolute Gasteiger partial charge is 0.326 e. The van der Waals surface area contributed by atoms with Crippen LogP contribution in [0.3, 0.4) is 0 Å². The first kappa shape index (κ1) is 21.2. The molecule has 2 aromatic carbocycles. The summed E-state index contributed by atoms with van der Waals surface area (Å²) in [6.45, 7) is 9.10. The molecule has 156 valence electrons. The predicted molar refractivity (Wildman–Crippen MR) is 117 cm³/mol. The number of aliphatic imine (C=N–C) groups is 1. The fourth-order valence-electron chi connectivity index (χ4n) is 3.19. The second-order valence-electron chi connectivity index (χ2n) is 7.03. The first-order valence-electron chi connectivity index (χ1n) is 9.86. The van der Waals surface area contributed by atoms with Crippen LogP contribution in [0.15, 0.2) is 53.5 Å². The normalized spacial score (nSPS) is 11.4. The summed E-state index contributed by atoms with van der Waals surface area (Å²) in [5.74, 6) is -0.611. The van der Waals surface area contributed by atoms with Crippen molar-refractivity contribution in [2.75, 3.05) is 5.32 Å². The zero-order chi connectivity index (χ0) is 21.7. The van der Waals surface area contributed by atoms with Gasteiger partial charge in [0.2, 0.25) is 5.96 Å². The van der Waals surface area contributed by atoms with Crippen LogP contribution in [-0.4, -0.2) is 21.6 Å². The van der Waals surface area contributed by atoms with E-state index < -0.39 is 11.7 Å². The number of nitrogens with one attached hydrogen (secondary N) is 2. The molecule has 0 bridgehead atoms. The maximum Gasteiger partial charge on any atom is 0.258 e. The number of aryl methyl sites for hydroxylation is 3. The standard InChI is InChI=1S/C23H26FN5O/c1-5-29-17(4)20(16(3)28-29)14-25-23(26-21-12-7-6-9-15(21)2)27-22(30)18-10-8-11-19(24)13-18/h6-13H,5,14H2,1-4H3,(H2,25,26,27,30). The number of aromatic nitrogens is 2. The monoisotopic (exact) mass is 407 g/mol. The van der Waals surface area contributed by atoms with Gasteiger partial charge in [0.25, 0.3) is 5.91 Å². The molecule has 6 nitrogen and oxygen atoms in total. The lowest BCUT2D eigenvalue weighted by atomic mass is 10.2. The molecule has 1 heterocycles. The van der Waals surface area contributed by atoms with Crippen molar-refractivity contribution in [3.05, 3.63) is 82.4 Å². The van der Waals surface area contributed by atoms with Gasteiger partial charge in [-0.25, -0.2) is 9.38 Å². The summed E-state index contributed by atoms with van der Waals surface area (Å²) in [4.78, 5) is 17.3. The molecule has 30 heavy (non-hydrogen) atoms. The summed E-state index contributed by atoms with van der Waals surface area (Å²) >= 11 is 0. The maximum absolute atomic E-state index is 13.5. The lowest BCUT2D eigenvalue weighted by Gasteiger charge is -2.14. The molecule has 1 amide bonds. The van der Waals surface area contributed by atoms with Crippen LogP contribution >= 0.6 is 0 Å². The van der Waals surface area contributed by atoms with Crippen molar-refractivity contribution in [2.45, 2.75) is 40.8 Å². The number of carbonyl (C=O) groups excluding carboxylic acids is 1. The number of hydrogen-bond acceptors (Lipinski definition) is 3. The van der Waals surface area contributed by atoms with Crippen LogP contribution in [0.5, 0.6) is 0 Å². The van der Waals surface area contributed by atoms with E-state index in [1.807, 2.05) is 56.6 Å². The SMILES string of the molecule is CCn1nc(C)c(CN=C(NC(=O)c2cccc(F)c2)Nc2ccccc2C)c1C. The fourth-order valence-corrected chi connectivity index (χ4v) is 3.19. The van der Waals surface area contributed by atoms with Gasteiger partial charge in [0.1, 0.15) is 5.82 Å². The number of guanidine groups is 1. The number of anilines is 1. The van der Waals surface area contributed by atoms with Crippen molar-refractivity contribution in [1.29, 1.82) is 0 Å². The van der Waals surface area contributed by atoms with Gasteiger partial charge in [-0.05, 0) is 57.5 Å². The third-order valence-corrected chi connectivity index (χ3v) is 4.94. The van der Waals surface area contributed by atoms with E-state index in [0.29, 0.717) is 12.5 Å². The molecule has 1 aromatic heterocycles. The lowest BCUT2D eigenvalue weighted by molar-refractivity contribution is 0.0976. The van der Waals surface area contributed by atoms with Gasteiger partial charge in [0.05, 0.1) is 12.2 Å². The van der Waals surface area contributed by atoms with Crippen LogP contribution in [0.25, 0.3) is 0 Å². The summed E-state index contributed by atoms with van der Waals surface area (Å²) in [5.41, 5.74) is 5.03. The van der Waals surface area contributed by atoms with Crippen molar-refractivity contribution in [2.24, 2.45) is 4.99 Å². The Morgan fingerprint density at radius 3 is 2.57 bits per heavy atom. The molecule has 0 atom stereocenters. The highest BCUT2D eigenvalue weighted by Crippen LogP contribution is 2.16. The number of para-hydroxylation sites is 1. The van der Waals surface area contributed by atoms with E-state index in [9.17, 15) is 9.18 Å². The third kappa shape index (κ3) is 4.92. The average molecular weight is 407 g/mol. The molecule has 0 unspecified atom stereocenters. The Morgan fingerprint density at radius 1 is 1.13 bits per heavy atom. The molecule has 0 saturated carbocycles. The molecule has 0 fully saturated rings. The molecular formula is C23H26FN5O. The second kappa shape index (κ2) is 9.35. The van der Waals surface area contributed by atoms with Gasteiger partial charge in [-0.1, -0.05) is 24.3 Å². The number of amides is 1. The molecule has 3 aromatic rings. The maximum atomic E-state index is 13.5. The summed E-state index contributed by atoms with van der Waals surface area (Å²) in [7, 11) is 0. The first-order chi connectivity index (χ1) is 14.4. The van der Waals surface area contributed by atoms with Crippen molar-refractivity contribution < 1.29 is 9.18 Å². The van der Waals surface area contributed by atoms with Crippen molar-refractivity contribution in [3.8, 4) is 0 Å². The van der Waals surface area contributed by atoms with E-state index in [4.69, 9.17) is 0 Å². The quantitative estimate of drug-likeness (QED) is 0.487. The topological polar surface area (TPSA) is 71.3 Å². The van der Waals surface area contributed by atoms with Crippen LogP contribution in [0.4, 0.5) is 10.1 Å². The number of benzene rings is 2. The second-order valence-corrected chi connectivity index (χ2v) is 7.03. The average Bonchev–Trinajstić information content (AvgIpc) is 3.00. The Morgan fingerprint density at radius 2 is 1.90 bits per heavy atom. The highest BCUT2D eigenvalue weighted by molar-refractivity contribution is 6.10. The van der Waals surface area contributed by atoms with Crippen molar-refractivity contribution in [1.82, 2.24) is 15.1 Å². The number of carbonyl (C=O) groups is 1. The van der Waals surface area contributed by atoms with Gasteiger partial charge in [-0.2, -0.15) is 5.10 Å². The molecule has 3 rings (SSSR count). The summed E-state index contributed by atoms with van der Waals surface area (Å²) in [6, 6.07) is 13.3. The van der Waals surface area contributed by atoms with Crippen LogP contribution in [0.2, 0.25) is 0 Å². The zero-order valence-electron chi connectivity index (χ0n) is 17.7. The van der Waals surface area contributed by atoms with Crippen molar-refractivity contribution in [3.63, 3.8) is 0 Å². The zero-order valence-corrected chi connectivity index (χ0v) is 17.7. The van der Waals surface area contributed by atoms with Gasteiger partial charge >= 0.3 is 0 Å². The van der Waals surface area contributed by atoms with Gasteiger partial charge in [-0.15, -0.1) is 0 Å².